The highest BCUT2D eigenvalue weighted by Crippen LogP contribution is 2.32. The van der Waals surface area contributed by atoms with E-state index in [4.69, 9.17) is 21.1 Å². The molecule has 1 aromatic heterocycles. The van der Waals surface area contributed by atoms with Crippen LogP contribution >= 0.6 is 11.6 Å². The van der Waals surface area contributed by atoms with Gasteiger partial charge in [-0.1, -0.05) is 21.3 Å². The minimum atomic E-state index is -1.08. The van der Waals surface area contributed by atoms with E-state index in [1.54, 1.807) is 0 Å². The summed E-state index contributed by atoms with van der Waals surface area (Å²) in [6.45, 7) is 0. The smallest absolute Gasteiger partial charge is 0.481 e. The number of nitrogens with zero attached hydrogens (tertiary/aromatic N) is 4. The lowest BCUT2D eigenvalue weighted by Gasteiger charge is -2.20. The summed E-state index contributed by atoms with van der Waals surface area (Å²) in [5.41, 5.74) is -0.835. The summed E-state index contributed by atoms with van der Waals surface area (Å²) in [6, 6.07) is 1.39. The van der Waals surface area contributed by atoms with E-state index in [1.807, 2.05) is 0 Å². The number of methoxy groups -OCH3 is 4. The number of halogens is 1. The highest BCUT2D eigenvalue weighted by molar-refractivity contribution is 6.72. The second-order valence-corrected chi connectivity index (χ2v) is 5.62. The van der Waals surface area contributed by atoms with Crippen molar-refractivity contribution in [1.82, 2.24) is 9.97 Å². The molecule has 0 aliphatic carbocycles. The molecule has 0 fully saturated rings. The van der Waals surface area contributed by atoms with Gasteiger partial charge in [0.25, 0.3) is 5.70 Å². The van der Waals surface area contributed by atoms with E-state index in [-0.39, 0.29) is 17.7 Å². The van der Waals surface area contributed by atoms with Crippen LogP contribution in [0.4, 0.5) is 10.7 Å². The molecule has 0 aromatic carbocycles. The summed E-state index contributed by atoms with van der Waals surface area (Å²) in [5, 5.41) is 5.83. The standard InChI is InChI=1S/C15H16ClN5O7/c1-21(15(24)28-5)10(9(11(16)20-21)13(23)27-4)12(22)19-14-17-7(25-2)6-8(18-14)26-3/h6H,1-5H3/p+1. The monoisotopic (exact) mass is 414 g/mol. The number of carbonyl (C=O) groups is 3. The van der Waals surface area contributed by atoms with Gasteiger partial charge in [0.2, 0.25) is 22.9 Å². The van der Waals surface area contributed by atoms with Crippen LogP contribution in [-0.2, 0) is 19.1 Å². The van der Waals surface area contributed by atoms with Gasteiger partial charge in [-0.2, -0.15) is 14.8 Å². The van der Waals surface area contributed by atoms with E-state index >= 15 is 0 Å². The Balaban J connectivity index is 2.54. The SMILES string of the molecule is COC(=O)C1=C(C(=O)Nc2nc(OC)cc(OC)n2)[N+](C)(C(=O)OC)N=C1Cl. The molecule has 1 N–H and O–H groups in total. The molecule has 0 radical (unpaired) electrons. The summed E-state index contributed by atoms with van der Waals surface area (Å²) in [6.07, 6.45) is -0.966. The Morgan fingerprint density at radius 1 is 1.04 bits per heavy atom. The molecule has 150 valence electrons. The first kappa shape index (κ1) is 21.1. The summed E-state index contributed by atoms with van der Waals surface area (Å²) >= 11 is 5.99. The van der Waals surface area contributed by atoms with Gasteiger partial charge in [-0.3, -0.25) is 10.1 Å². The zero-order valence-electron chi connectivity index (χ0n) is 15.6. The Morgan fingerprint density at radius 2 is 1.61 bits per heavy atom. The highest BCUT2D eigenvalue weighted by Gasteiger charge is 2.53. The molecular formula is C15H17ClN5O7+. The Morgan fingerprint density at radius 3 is 2.07 bits per heavy atom. The van der Waals surface area contributed by atoms with E-state index < -0.39 is 39.0 Å². The van der Waals surface area contributed by atoms with Gasteiger partial charge in [0, 0.05) is 0 Å². The summed E-state index contributed by atoms with van der Waals surface area (Å²) < 4.78 is 18.3. The average molecular weight is 415 g/mol. The first-order valence-electron chi connectivity index (χ1n) is 7.54. The lowest BCUT2D eigenvalue weighted by atomic mass is 10.2. The lowest BCUT2D eigenvalue weighted by Crippen LogP contribution is -2.46. The minimum Gasteiger partial charge on any atom is -0.481 e. The zero-order chi connectivity index (χ0) is 21.1. The van der Waals surface area contributed by atoms with Crippen LogP contribution in [0.3, 0.4) is 0 Å². The molecule has 1 aliphatic rings. The molecular weight excluding hydrogens is 398 g/mol. The van der Waals surface area contributed by atoms with Crippen LogP contribution in [-0.4, -0.2) is 73.2 Å². The first-order chi connectivity index (χ1) is 13.2. The molecule has 28 heavy (non-hydrogen) atoms. The Labute approximate surface area is 164 Å². The molecule has 0 saturated heterocycles. The van der Waals surface area contributed by atoms with Crippen LogP contribution < -0.4 is 14.8 Å². The van der Waals surface area contributed by atoms with Crippen LogP contribution in [0.25, 0.3) is 0 Å². The number of anilines is 1. The predicted octanol–water partition coefficient (Wildman–Crippen LogP) is 0.638. The van der Waals surface area contributed by atoms with E-state index in [0.717, 1.165) is 14.2 Å². The van der Waals surface area contributed by atoms with Crippen molar-refractivity contribution in [2.75, 3.05) is 40.8 Å². The number of quaternary nitrogens is 1. The van der Waals surface area contributed by atoms with Crippen molar-refractivity contribution in [3.05, 3.63) is 17.3 Å². The van der Waals surface area contributed by atoms with Crippen molar-refractivity contribution in [3.8, 4) is 11.8 Å². The van der Waals surface area contributed by atoms with Gasteiger partial charge in [0.1, 0.15) is 7.05 Å². The minimum absolute atomic E-state index is 0.107. The topological polar surface area (TPSA) is 138 Å². The molecule has 13 heteroatoms. The Hall–Kier alpha value is -3.25. The second-order valence-electron chi connectivity index (χ2n) is 5.27. The number of carbonyl (C=O) groups excluding carboxylic acids is 3. The normalized spacial score (nSPS) is 18.3. The fourth-order valence-corrected chi connectivity index (χ4v) is 2.64. The number of aromatic nitrogens is 2. The van der Waals surface area contributed by atoms with Gasteiger partial charge < -0.3 is 18.9 Å². The van der Waals surface area contributed by atoms with E-state index in [2.05, 4.69) is 29.9 Å². The Kier molecular flexibility index (Phi) is 6.16. The number of nitrogens with one attached hydrogen (secondary N) is 1. The van der Waals surface area contributed by atoms with Crippen LogP contribution in [0.5, 0.6) is 11.8 Å². The average Bonchev–Trinajstić information content (AvgIpc) is 2.97. The summed E-state index contributed by atoms with van der Waals surface area (Å²) in [4.78, 5) is 45.2. The third-order valence-electron chi connectivity index (χ3n) is 3.62. The number of hydrogen-bond donors (Lipinski definition) is 1. The molecule has 0 saturated carbocycles. The number of rotatable bonds is 5. The molecule has 1 atom stereocenters. The number of hydrogen-bond acceptors (Lipinski definition) is 10. The number of amides is 2. The van der Waals surface area contributed by atoms with Gasteiger partial charge in [0.15, 0.2) is 5.57 Å². The molecule has 1 aromatic rings. The molecule has 12 nitrogen and oxygen atoms in total. The van der Waals surface area contributed by atoms with Gasteiger partial charge in [-0.05, 0) is 0 Å². The van der Waals surface area contributed by atoms with Gasteiger partial charge in [0.05, 0.1) is 34.5 Å². The Bertz CT molecular complexity index is 879. The van der Waals surface area contributed by atoms with Crippen LogP contribution in [0.1, 0.15) is 0 Å². The summed E-state index contributed by atoms with van der Waals surface area (Å²) in [5.74, 6) is -1.90. The lowest BCUT2D eigenvalue weighted by molar-refractivity contribution is -0.797. The maximum absolute atomic E-state index is 12.9. The van der Waals surface area contributed by atoms with Gasteiger partial charge in [-0.15, -0.1) is 0 Å². The predicted molar refractivity (Wildman–Crippen MR) is 94.7 cm³/mol. The second kappa shape index (κ2) is 8.19. The van der Waals surface area contributed by atoms with Gasteiger partial charge in [-0.25, -0.2) is 4.79 Å². The number of ether oxygens (including phenoxy) is 4. The van der Waals surface area contributed by atoms with E-state index in [0.29, 0.717) is 0 Å². The fourth-order valence-electron chi connectivity index (χ4n) is 2.32. The zero-order valence-corrected chi connectivity index (χ0v) is 16.4. The summed E-state index contributed by atoms with van der Waals surface area (Å²) in [7, 11) is 6.12. The van der Waals surface area contributed by atoms with Gasteiger partial charge >= 0.3 is 18.0 Å². The van der Waals surface area contributed by atoms with Crippen LogP contribution in [0.15, 0.2) is 22.4 Å². The molecule has 2 heterocycles. The van der Waals surface area contributed by atoms with Crippen molar-refractivity contribution in [2.45, 2.75) is 0 Å². The largest absolute Gasteiger partial charge is 0.548 e. The molecule has 0 spiro atoms. The molecule has 1 aliphatic heterocycles. The number of esters is 1. The van der Waals surface area contributed by atoms with Crippen LogP contribution in [0, 0.1) is 0 Å². The molecule has 0 bridgehead atoms. The van der Waals surface area contributed by atoms with Crippen molar-refractivity contribution >= 4 is 40.7 Å². The highest BCUT2D eigenvalue weighted by atomic mass is 35.5. The third kappa shape index (κ3) is 3.73. The van der Waals surface area contributed by atoms with Crippen molar-refractivity contribution in [2.24, 2.45) is 5.10 Å². The molecule has 1 unspecified atom stereocenters. The van der Waals surface area contributed by atoms with E-state index in [1.165, 1.54) is 27.3 Å². The maximum atomic E-state index is 12.9. The molecule has 2 rings (SSSR count). The van der Waals surface area contributed by atoms with Crippen molar-refractivity contribution < 1.29 is 37.9 Å². The quantitative estimate of drug-likeness (QED) is 0.543. The fraction of sp³-hybridized carbons (Fsp3) is 0.333. The maximum Gasteiger partial charge on any atom is 0.548 e. The van der Waals surface area contributed by atoms with Crippen molar-refractivity contribution in [1.29, 1.82) is 0 Å². The third-order valence-corrected chi connectivity index (χ3v) is 3.89. The molecule has 2 amide bonds. The van der Waals surface area contributed by atoms with Crippen molar-refractivity contribution in [3.63, 3.8) is 0 Å². The number of likely N-dealkylation sites (N-methyl/N-ethyl adjacent to an activating group) is 1. The first-order valence-corrected chi connectivity index (χ1v) is 7.92. The van der Waals surface area contributed by atoms with Crippen LogP contribution in [0.2, 0.25) is 0 Å². The van der Waals surface area contributed by atoms with E-state index in [9.17, 15) is 14.4 Å².